The van der Waals surface area contributed by atoms with Gasteiger partial charge in [0.2, 0.25) is 11.8 Å². The van der Waals surface area contributed by atoms with Gasteiger partial charge in [-0.25, -0.2) is 0 Å². The number of aliphatic hydroxyl groups is 10. The standard InChI is InChI=1S/C58H97N5O17/c1-36-22-17-15-13-11-9-7-8-10-12-14-16-18-23-43(79-57-54(73)51(53(72)39(4)78-57)62-55(74)44(60)24-19-20-27-59)33-48-50(56(75)61-28-21-29-63(5)6)47(69)35-58(76,80-48)34-46(68)45(67)26-25-40(64)30-41(65)31-42(66)32-49(70)77-38(3)37(2)52(36)71/h7-18,22-23,36-48,50-54,57,64-69,71-73,76H,19-21,24-35,59-60H2,1-6H3,(H,61,75)(H,62,74)/b8-7+,11-9+,12-10+,15-13+,16-14+,22-17+,23-18+/t36-,37-,38-,39+,40+,41+,42+,43-,44-,45+,46+,47-,48-,50+,51-,52+,53+,54-,57-,58+/m0/s1. The summed E-state index contributed by atoms with van der Waals surface area (Å²) in [5, 5.41) is 118. The predicted molar refractivity (Wildman–Crippen MR) is 300 cm³/mol. The molecule has 0 radical (unpaired) electrons. The minimum absolute atomic E-state index is 0.143. The summed E-state index contributed by atoms with van der Waals surface area (Å²) in [4.78, 5) is 41.9. The van der Waals surface area contributed by atoms with Gasteiger partial charge in [0.25, 0.3) is 0 Å². The molecule has 2 fully saturated rings. The van der Waals surface area contributed by atoms with Crippen LogP contribution in [-0.4, -0.2) is 211 Å². The van der Waals surface area contributed by atoms with E-state index in [2.05, 4.69) is 10.6 Å². The number of cyclic esters (lactones) is 1. The Morgan fingerprint density at radius 1 is 0.725 bits per heavy atom. The van der Waals surface area contributed by atoms with Crippen molar-refractivity contribution in [3.63, 3.8) is 0 Å². The molecule has 2 saturated heterocycles. The minimum atomic E-state index is -2.35. The topological polar surface area (TPSA) is 370 Å². The number of nitrogens with zero attached hydrogens (tertiary/aromatic N) is 1. The molecule has 0 aliphatic carbocycles. The molecule has 20 atom stereocenters. The first kappa shape index (κ1) is 70.2. The number of unbranched alkanes of at least 4 members (excludes halogenated alkanes) is 1. The van der Waals surface area contributed by atoms with Crippen molar-refractivity contribution in [2.24, 2.45) is 29.2 Å². The predicted octanol–water partition coefficient (Wildman–Crippen LogP) is 0.309. The van der Waals surface area contributed by atoms with E-state index in [1.54, 1.807) is 68.5 Å². The highest BCUT2D eigenvalue weighted by Gasteiger charge is 2.51. The number of carbonyl (C=O) groups excluding carboxylic acids is 3. The molecule has 3 heterocycles. The lowest BCUT2D eigenvalue weighted by molar-refractivity contribution is -0.309. The summed E-state index contributed by atoms with van der Waals surface area (Å²) in [5.41, 5.74) is 11.8. The van der Waals surface area contributed by atoms with Crippen LogP contribution in [0.4, 0.5) is 0 Å². The maximum atomic E-state index is 14.0. The Labute approximate surface area is 472 Å². The van der Waals surface area contributed by atoms with Gasteiger partial charge in [0.1, 0.15) is 18.3 Å². The molecule has 0 saturated carbocycles. The Morgan fingerprint density at radius 3 is 1.93 bits per heavy atom. The van der Waals surface area contributed by atoms with Crippen LogP contribution < -0.4 is 22.1 Å². The average Bonchev–Trinajstić information content (AvgIpc) is 3.40. The number of nitrogens with one attached hydrogen (secondary N) is 2. The van der Waals surface area contributed by atoms with E-state index >= 15 is 0 Å². The zero-order valence-corrected chi connectivity index (χ0v) is 47.6. The number of ether oxygens (including phenoxy) is 4. The number of esters is 1. The van der Waals surface area contributed by atoms with Gasteiger partial charge in [0.05, 0.1) is 85.5 Å². The fourth-order valence-corrected chi connectivity index (χ4v) is 9.75. The number of rotatable bonds is 13. The van der Waals surface area contributed by atoms with Crippen molar-refractivity contribution in [2.75, 3.05) is 33.7 Å². The summed E-state index contributed by atoms with van der Waals surface area (Å²) in [7, 11) is 3.76. The molecule has 0 unspecified atom stereocenters. The molecule has 0 aromatic rings. The molecule has 0 spiro atoms. The average molecular weight is 1140 g/mol. The summed E-state index contributed by atoms with van der Waals surface area (Å²) < 4.78 is 24.2. The fraction of sp³-hybridized carbons (Fsp3) is 0.707. The zero-order chi connectivity index (χ0) is 59.5. The van der Waals surface area contributed by atoms with Crippen LogP contribution in [0.2, 0.25) is 0 Å². The van der Waals surface area contributed by atoms with Crippen LogP contribution in [0, 0.1) is 17.8 Å². The fourth-order valence-electron chi connectivity index (χ4n) is 9.75. The van der Waals surface area contributed by atoms with Crippen LogP contribution in [0.5, 0.6) is 0 Å². The lowest BCUT2D eigenvalue weighted by atomic mass is 9.82. The number of aliphatic hydroxyl groups excluding tert-OH is 9. The molecule has 0 aromatic carbocycles. The van der Waals surface area contributed by atoms with Crippen LogP contribution in [-0.2, 0) is 33.3 Å². The maximum Gasteiger partial charge on any atom is 0.308 e. The van der Waals surface area contributed by atoms with Gasteiger partial charge in [-0.1, -0.05) is 105 Å². The molecule has 16 N–H and O–H groups in total. The molecular formula is C58H97N5O17. The number of carbonyl (C=O) groups is 3. The van der Waals surface area contributed by atoms with Crippen LogP contribution in [0.3, 0.4) is 0 Å². The van der Waals surface area contributed by atoms with E-state index in [1.165, 1.54) is 6.92 Å². The lowest BCUT2D eigenvalue weighted by Gasteiger charge is -2.46. The van der Waals surface area contributed by atoms with Gasteiger partial charge in [0.15, 0.2) is 12.1 Å². The second-order valence-corrected chi connectivity index (χ2v) is 22.0. The van der Waals surface area contributed by atoms with Gasteiger partial charge in [-0.05, 0) is 86.0 Å². The minimum Gasteiger partial charge on any atom is -0.462 e. The summed E-state index contributed by atoms with van der Waals surface area (Å²) >= 11 is 0. The van der Waals surface area contributed by atoms with E-state index in [9.17, 15) is 65.4 Å². The zero-order valence-electron chi connectivity index (χ0n) is 47.6. The van der Waals surface area contributed by atoms with Crippen LogP contribution in [0.15, 0.2) is 85.1 Å². The molecular weight excluding hydrogens is 1040 g/mol. The SMILES string of the molecule is C[C@@H]1[C@H](O)[C@@H](C)/C=C/C=C/C=C/C=C/C=C/C=C/C=C/[C@H](O[C@@H]2O[C@H](C)[C@@H](O)[C@H](NC(=O)[C@@H](N)CCCCN)[C@@H]2O)C[C@@H]2O[C@](O)(C[C@@H](O)[C@H](O)CC[C@@H](O)C[C@@H](O)C[C@@H](O)CC(=O)O[C@H]1C)C[C@H](O)[C@H]2C(=O)NCCCN(C)C. The lowest BCUT2D eigenvalue weighted by Crippen LogP contribution is -2.65. The molecule has 2 bridgehead atoms. The Morgan fingerprint density at radius 2 is 1.31 bits per heavy atom. The number of amides is 2. The molecule has 3 aliphatic heterocycles. The first-order valence-electron chi connectivity index (χ1n) is 28.3. The van der Waals surface area contributed by atoms with Crippen molar-refractivity contribution in [3.8, 4) is 0 Å². The Balaban J connectivity index is 2.00. The number of fused-ring (bicyclic) bond motifs is 2. The summed E-state index contributed by atoms with van der Waals surface area (Å²) in [6, 6.07) is -2.26. The van der Waals surface area contributed by atoms with Gasteiger partial charge < -0.3 is 97.0 Å². The number of hydrogen-bond donors (Lipinski definition) is 14. The first-order chi connectivity index (χ1) is 37.9. The molecule has 2 amide bonds. The normalized spacial score (nSPS) is 39.6. The van der Waals surface area contributed by atoms with E-state index in [4.69, 9.17) is 30.4 Å². The van der Waals surface area contributed by atoms with Crippen molar-refractivity contribution in [2.45, 2.75) is 208 Å². The molecule has 80 heavy (non-hydrogen) atoms. The first-order valence-corrected chi connectivity index (χ1v) is 28.3. The Bertz CT molecular complexity index is 2040. The van der Waals surface area contributed by atoms with Crippen LogP contribution >= 0.6 is 0 Å². The van der Waals surface area contributed by atoms with Gasteiger partial charge >= 0.3 is 5.97 Å². The monoisotopic (exact) mass is 1140 g/mol. The largest absolute Gasteiger partial charge is 0.462 e. The Kier molecular flexibility index (Phi) is 32.0. The Hall–Kier alpha value is -4.05. The number of nitrogens with two attached hydrogens (primary N) is 2. The summed E-state index contributed by atoms with van der Waals surface area (Å²) in [6.45, 7) is 8.04. The quantitative estimate of drug-likeness (QED) is 0.0871. The van der Waals surface area contributed by atoms with Gasteiger partial charge in [-0.15, -0.1) is 0 Å². The maximum absolute atomic E-state index is 14.0. The van der Waals surface area contributed by atoms with Gasteiger partial charge in [0, 0.05) is 37.6 Å². The highest BCUT2D eigenvalue weighted by molar-refractivity contribution is 5.82. The van der Waals surface area contributed by atoms with Gasteiger partial charge in [-0.3, -0.25) is 14.4 Å². The third kappa shape index (κ3) is 25.2. The van der Waals surface area contributed by atoms with Crippen molar-refractivity contribution in [1.82, 2.24) is 15.5 Å². The van der Waals surface area contributed by atoms with Crippen molar-refractivity contribution < 1.29 is 84.4 Å². The molecule has 22 heteroatoms. The van der Waals surface area contributed by atoms with Crippen molar-refractivity contribution in [1.29, 1.82) is 0 Å². The van der Waals surface area contributed by atoms with E-state index in [-0.39, 0.29) is 44.6 Å². The van der Waals surface area contributed by atoms with E-state index in [1.807, 2.05) is 56.3 Å². The number of allylic oxidation sites excluding steroid dienone is 12. The second-order valence-electron chi connectivity index (χ2n) is 22.0. The highest BCUT2D eigenvalue weighted by Crippen LogP contribution is 2.38. The molecule has 456 valence electrons. The molecule has 0 aromatic heterocycles. The number of hydrogen-bond acceptors (Lipinski definition) is 20. The third-order valence-electron chi connectivity index (χ3n) is 14.7. The van der Waals surface area contributed by atoms with E-state index < -0.39 is 152 Å². The van der Waals surface area contributed by atoms with E-state index in [0.29, 0.717) is 38.8 Å². The van der Waals surface area contributed by atoms with Gasteiger partial charge in [-0.2, -0.15) is 0 Å². The van der Waals surface area contributed by atoms with Crippen LogP contribution in [0.25, 0.3) is 0 Å². The van der Waals surface area contributed by atoms with Crippen molar-refractivity contribution >= 4 is 17.8 Å². The molecule has 22 nitrogen and oxygen atoms in total. The molecule has 3 aliphatic rings. The third-order valence-corrected chi connectivity index (χ3v) is 14.7. The smallest absolute Gasteiger partial charge is 0.308 e. The summed E-state index contributed by atoms with van der Waals surface area (Å²) in [6.07, 6.45) is 5.47. The van der Waals surface area contributed by atoms with Crippen LogP contribution in [0.1, 0.15) is 105 Å². The second kappa shape index (κ2) is 36.5. The highest BCUT2D eigenvalue weighted by atomic mass is 16.7. The molecule has 3 rings (SSSR count). The van der Waals surface area contributed by atoms with Crippen molar-refractivity contribution in [3.05, 3.63) is 85.1 Å². The summed E-state index contributed by atoms with van der Waals surface area (Å²) in [5.74, 6) is -6.40. The van der Waals surface area contributed by atoms with E-state index in [0.717, 1.165) is 0 Å².